The van der Waals surface area contributed by atoms with Crippen LogP contribution in [0, 0.1) is 11.8 Å². The van der Waals surface area contributed by atoms with Gasteiger partial charge in [-0.1, -0.05) is 18.9 Å². The van der Waals surface area contributed by atoms with Crippen molar-refractivity contribution in [1.29, 1.82) is 0 Å². The number of rotatable bonds is 7. The minimum absolute atomic E-state index is 0.0809. The number of amides is 1. The SMILES string of the molecule is C=CCNC(=O)C(C)NCC1CCCCC1C(=O)O. The van der Waals surface area contributed by atoms with Gasteiger partial charge in [0.05, 0.1) is 12.0 Å². The largest absolute Gasteiger partial charge is 0.481 e. The molecule has 0 radical (unpaired) electrons. The van der Waals surface area contributed by atoms with Gasteiger partial charge in [-0.2, -0.15) is 0 Å². The summed E-state index contributed by atoms with van der Waals surface area (Å²) in [6.45, 7) is 6.36. The Bertz CT molecular complexity index is 331. The van der Waals surface area contributed by atoms with Gasteiger partial charge in [0, 0.05) is 6.54 Å². The van der Waals surface area contributed by atoms with E-state index in [9.17, 15) is 14.7 Å². The lowest BCUT2D eigenvalue weighted by molar-refractivity contribution is -0.144. The molecule has 0 aliphatic heterocycles. The molecule has 1 aliphatic rings. The van der Waals surface area contributed by atoms with Gasteiger partial charge in [-0.3, -0.25) is 9.59 Å². The number of carbonyl (C=O) groups excluding carboxylic acids is 1. The zero-order valence-electron chi connectivity index (χ0n) is 11.5. The second-order valence-corrected chi connectivity index (χ2v) is 5.15. The Balaban J connectivity index is 2.39. The number of hydrogen-bond acceptors (Lipinski definition) is 3. The van der Waals surface area contributed by atoms with Gasteiger partial charge in [0.15, 0.2) is 0 Å². The Hall–Kier alpha value is -1.36. The Morgan fingerprint density at radius 3 is 2.74 bits per heavy atom. The van der Waals surface area contributed by atoms with E-state index in [0.29, 0.717) is 13.1 Å². The van der Waals surface area contributed by atoms with Crippen LogP contribution in [-0.2, 0) is 9.59 Å². The van der Waals surface area contributed by atoms with Crippen molar-refractivity contribution in [3.8, 4) is 0 Å². The van der Waals surface area contributed by atoms with Crippen LogP contribution in [0.4, 0.5) is 0 Å². The van der Waals surface area contributed by atoms with E-state index < -0.39 is 5.97 Å². The molecule has 1 amide bonds. The quantitative estimate of drug-likeness (QED) is 0.605. The van der Waals surface area contributed by atoms with Gasteiger partial charge in [0.25, 0.3) is 0 Å². The van der Waals surface area contributed by atoms with Crippen molar-refractivity contribution in [3.63, 3.8) is 0 Å². The molecular weight excluding hydrogens is 244 g/mol. The molecule has 0 heterocycles. The summed E-state index contributed by atoms with van der Waals surface area (Å²) in [5.41, 5.74) is 0. The third-order valence-electron chi connectivity index (χ3n) is 3.73. The van der Waals surface area contributed by atoms with E-state index in [1.165, 1.54) is 0 Å². The third-order valence-corrected chi connectivity index (χ3v) is 3.73. The van der Waals surface area contributed by atoms with Crippen molar-refractivity contribution in [1.82, 2.24) is 10.6 Å². The monoisotopic (exact) mass is 268 g/mol. The molecule has 19 heavy (non-hydrogen) atoms. The molecule has 1 aliphatic carbocycles. The number of hydrogen-bond donors (Lipinski definition) is 3. The Kier molecular flexibility index (Phi) is 6.56. The molecule has 108 valence electrons. The minimum Gasteiger partial charge on any atom is -0.481 e. The molecule has 5 heteroatoms. The molecule has 1 saturated carbocycles. The van der Waals surface area contributed by atoms with Gasteiger partial charge >= 0.3 is 5.97 Å². The van der Waals surface area contributed by atoms with Crippen LogP contribution in [0.2, 0.25) is 0 Å². The lowest BCUT2D eigenvalue weighted by atomic mass is 9.79. The number of carboxylic acid groups (broad SMARTS) is 1. The summed E-state index contributed by atoms with van der Waals surface area (Å²) in [5, 5.41) is 15.0. The molecule has 1 rings (SSSR count). The predicted octanol–water partition coefficient (Wildman–Crippen LogP) is 1.16. The summed E-state index contributed by atoms with van der Waals surface area (Å²) in [4.78, 5) is 22.8. The van der Waals surface area contributed by atoms with Crippen molar-refractivity contribution < 1.29 is 14.7 Å². The average Bonchev–Trinajstić information content (AvgIpc) is 2.42. The summed E-state index contributed by atoms with van der Waals surface area (Å²) in [5.74, 6) is -0.941. The fraction of sp³-hybridized carbons (Fsp3) is 0.714. The molecule has 3 N–H and O–H groups in total. The molecule has 0 saturated heterocycles. The highest BCUT2D eigenvalue weighted by atomic mass is 16.4. The van der Waals surface area contributed by atoms with Crippen LogP contribution in [0.5, 0.6) is 0 Å². The highest BCUT2D eigenvalue weighted by molar-refractivity contribution is 5.81. The maximum Gasteiger partial charge on any atom is 0.306 e. The molecule has 0 spiro atoms. The molecule has 3 unspecified atom stereocenters. The highest BCUT2D eigenvalue weighted by Crippen LogP contribution is 2.29. The van der Waals surface area contributed by atoms with Crippen LogP contribution in [0.15, 0.2) is 12.7 Å². The first-order chi connectivity index (χ1) is 9.06. The second kappa shape index (κ2) is 7.94. The van der Waals surface area contributed by atoms with Crippen molar-refractivity contribution >= 4 is 11.9 Å². The summed E-state index contributed by atoms with van der Waals surface area (Å²) in [6, 6.07) is -0.309. The van der Waals surface area contributed by atoms with Crippen LogP contribution in [0.3, 0.4) is 0 Å². The zero-order valence-corrected chi connectivity index (χ0v) is 11.5. The van der Waals surface area contributed by atoms with Gasteiger partial charge in [-0.15, -0.1) is 6.58 Å². The van der Waals surface area contributed by atoms with Crippen LogP contribution in [0.25, 0.3) is 0 Å². The predicted molar refractivity (Wildman–Crippen MR) is 73.8 cm³/mol. The second-order valence-electron chi connectivity index (χ2n) is 5.15. The molecule has 3 atom stereocenters. The number of nitrogens with one attached hydrogen (secondary N) is 2. The first-order valence-electron chi connectivity index (χ1n) is 6.91. The van der Waals surface area contributed by atoms with E-state index in [2.05, 4.69) is 17.2 Å². The highest BCUT2D eigenvalue weighted by Gasteiger charge is 2.30. The smallest absolute Gasteiger partial charge is 0.306 e. The first-order valence-corrected chi connectivity index (χ1v) is 6.91. The molecule has 0 aromatic heterocycles. The lowest BCUT2D eigenvalue weighted by Crippen LogP contribution is -2.45. The molecular formula is C14H24N2O3. The van der Waals surface area contributed by atoms with E-state index >= 15 is 0 Å². The summed E-state index contributed by atoms with van der Waals surface area (Å²) < 4.78 is 0. The van der Waals surface area contributed by atoms with Crippen LogP contribution >= 0.6 is 0 Å². The summed E-state index contributed by atoms with van der Waals surface area (Å²) in [7, 11) is 0. The maximum atomic E-state index is 11.7. The van der Waals surface area contributed by atoms with Crippen LogP contribution in [0.1, 0.15) is 32.6 Å². The Morgan fingerprint density at radius 2 is 2.11 bits per heavy atom. The number of carboxylic acids is 1. The van der Waals surface area contributed by atoms with Crippen molar-refractivity contribution in [2.24, 2.45) is 11.8 Å². The fourth-order valence-electron chi connectivity index (χ4n) is 2.52. The van der Waals surface area contributed by atoms with E-state index in [1.54, 1.807) is 13.0 Å². The minimum atomic E-state index is -0.713. The molecule has 0 bridgehead atoms. The molecule has 1 fully saturated rings. The van der Waals surface area contributed by atoms with Gasteiger partial charge in [-0.05, 0) is 32.2 Å². The van der Waals surface area contributed by atoms with Crippen LogP contribution in [-0.4, -0.2) is 36.1 Å². The summed E-state index contributed by atoms with van der Waals surface area (Å²) in [6.07, 6.45) is 5.37. The van der Waals surface area contributed by atoms with E-state index in [4.69, 9.17) is 0 Å². The number of carbonyl (C=O) groups is 2. The Morgan fingerprint density at radius 1 is 1.42 bits per heavy atom. The molecule has 5 nitrogen and oxygen atoms in total. The van der Waals surface area contributed by atoms with E-state index in [-0.39, 0.29) is 23.8 Å². The van der Waals surface area contributed by atoms with E-state index in [0.717, 1.165) is 25.7 Å². The third kappa shape index (κ3) is 5.03. The van der Waals surface area contributed by atoms with Gasteiger partial charge < -0.3 is 15.7 Å². The molecule has 0 aromatic carbocycles. The van der Waals surface area contributed by atoms with Crippen LogP contribution < -0.4 is 10.6 Å². The van der Waals surface area contributed by atoms with Gasteiger partial charge in [-0.25, -0.2) is 0 Å². The first kappa shape index (κ1) is 15.7. The fourth-order valence-corrected chi connectivity index (χ4v) is 2.52. The number of aliphatic carboxylic acids is 1. The summed E-state index contributed by atoms with van der Waals surface area (Å²) >= 11 is 0. The van der Waals surface area contributed by atoms with Crippen molar-refractivity contribution in [3.05, 3.63) is 12.7 Å². The van der Waals surface area contributed by atoms with E-state index in [1.807, 2.05) is 0 Å². The van der Waals surface area contributed by atoms with Crippen molar-refractivity contribution in [2.45, 2.75) is 38.6 Å². The van der Waals surface area contributed by atoms with Crippen molar-refractivity contribution in [2.75, 3.05) is 13.1 Å². The average molecular weight is 268 g/mol. The molecule has 0 aromatic rings. The normalized spacial score (nSPS) is 24.5. The Labute approximate surface area is 114 Å². The van der Waals surface area contributed by atoms with Gasteiger partial charge in [0.2, 0.25) is 5.91 Å². The standard InChI is InChI=1S/C14H24N2O3/c1-3-8-15-13(17)10(2)16-9-11-6-4-5-7-12(11)14(18)19/h3,10-12,16H,1,4-9H2,2H3,(H,15,17)(H,18,19). The van der Waals surface area contributed by atoms with Gasteiger partial charge in [0.1, 0.15) is 0 Å². The lowest BCUT2D eigenvalue weighted by Gasteiger charge is -2.29. The zero-order chi connectivity index (χ0) is 14.3. The maximum absolute atomic E-state index is 11.7. The topological polar surface area (TPSA) is 78.4 Å².